The van der Waals surface area contributed by atoms with Gasteiger partial charge in [-0.15, -0.1) is 11.8 Å². The molecule has 2 nitrogen and oxygen atoms in total. The van der Waals surface area contributed by atoms with E-state index in [0.29, 0.717) is 0 Å². The van der Waals surface area contributed by atoms with Gasteiger partial charge in [-0.3, -0.25) is 4.79 Å². The Morgan fingerprint density at radius 3 is 2.38 bits per heavy atom. The van der Waals surface area contributed by atoms with E-state index in [0.717, 1.165) is 23.8 Å². The van der Waals surface area contributed by atoms with E-state index < -0.39 is 0 Å². The zero-order chi connectivity index (χ0) is 17.2. The smallest absolute Gasteiger partial charge is 0.232 e. The molecule has 4 heteroatoms. The Kier molecular flexibility index (Phi) is 8.26. The molecule has 128 valence electrons. The number of rotatable bonds is 9. The van der Waals surface area contributed by atoms with Crippen molar-refractivity contribution < 1.29 is 4.79 Å². The molecule has 2 rings (SSSR count). The molecule has 0 fully saturated rings. The fraction of sp³-hybridized carbons (Fsp3) is 0.350. The zero-order valence-corrected chi connectivity index (χ0v) is 16.0. The summed E-state index contributed by atoms with van der Waals surface area (Å²) in [5.74, 6) is 2.94. The van der Waals surface area contributed by atoms with Gasteiger partial charge in [-0.2, -0.15) is 11.8 Å². The molecular weight excluding hydrogens is 334 g/mol. The minimum Gasteiger partial charge on any atom is -0.354 e. The quantitative estimate of drug-likeness (QED) is 0.660. The lowest BCUT2D eigenvalue weighted by Crippen LogP contribution is -2.32. The van der Waals surface area contributed by atoms with Crippen LogP contribution in [0.3, 0.4) is 0 Å². The van der Waals surface area contributed by atoms with Gasteiger partial charge in [0.25, 0.3) is 0 Å². The minimum absolute atomic E-state index is 0.0210. The summed E-state index contributed by atoms with van der Waals surface area (Å²) in [4.78, 5) is 12.1. The van der Waals surface area contributed by atoms with Gasteiger partial charge in [-0.25, -0.2) is 0 Å². The topological polar surface area (TPSA) is 29.1 Å². The summed E-state index contributed by atoms with van der Waals surface area (Å²) in [6.07, 6.45) is 0. The van der Waals surface area contributed by atoms with E-state index >= 15 is 0 Å². The van der Waals surface area contributed by atoms with Gasteiger partial charge in [-0.1, -0.05) is 60.2 Å². The second kappa shape index (κ2) is 10.5. The van der Waals surface area contributed by atoms with Crippen molar-refractivity contribution in [3.63, 3.8) is 0 Å². The van der Waals surface area contributed by atoms with Crippen LogP contribution in [0.1, 0.15) is 23.6 Å². The summed E-state index contributed by atoms with van der Waals surface area (Å²) >= 11 is 3.54. The van der Waals surface area contributed by atoms with Crippen molar-refractivity contribution in [3.8, 4) is 0 Å². The molecule has 0 aliphatic heterocycles. The lowest BCUT2D eigenvalue weighted by atomic mass is 10.2. The van der Waals surface area contributed by atoms with E-state index in [2.05, 4.69) is 48.6 Å². The van der Waals surface area contributed by atoms with E-state index in [1.807, 2.05) is 36.9 Å². The standard InChI is InChI=1S/C20H25NOS2/c1-16-8-10-19(11-9-16)14-23-13-12-21-20(22)17(2)24-15-18-6-4-3-5-7-18/h3-11,17H,12-15H2,1-2H3,(H,21,22)/t17-/m1/s1. The molecule has 0 heterocycles. The van der Waals surface area contributed by atoms with Crippen LogP contribution in [0.25, 0.3) is 0 Å². The number of nitrogens with one attached hydrogen (secondary N) is 1. The van der Waals surface area contributed by atoms with Crippen LogP contribution < -0.4 is 5.32 Å². The minimum atomic E-state index is -0.0210. The predicted molar refractivity (Wildman–Crippen MR) is 108 cm³/mol. The van der Waals surface area contributed by atoms with E-state index in [1.165, 1.54) is 16.7 Å². The monoisotopic (exact) mass is 359 g/mol. The maximum absolute atomic E-state index is 12.1. The van der Waals surface area contributed by atoms with Crippen LogP contribution in [-0.2, 0) is 16.3 Å². The van der Waals surface area contributed by atoms with Gasteiger partial charge in [0, 0.05) is 23.8 Å². The summed E-state index contributed by atoms with van der Waals surface area (Å²) in [5, 5.41) is 3.01. The maximum Gasteiger partial charge on any atom is 0.232 e. The number of amides is 1. The van der Waals surface area contributed by atoms with Gasteiger partial charge in [0.2, 0.25) is 5.91 Å². The summed E-state index contributed by atoms with van der Waals surface area (Å²) < 4.78 is 0. The number of thioether (sulfide) groups is 2. The first-order valence-corrected chi connectivity index (χ1v) is 10.4. The normalized spacial score (nSPS) is 11.9. The summed E-state index contributed by atoms with van der Waals surface area (Å²) in [5.41, 5.74) is 3.89. The van der Waals surface area contributed by atoms with Crippen molar-refractivity contribution in [2.45, 2.75) is 30.6 Å². The Morgan fingerprint density at radius 1 is 1.00 bits per heavy atom. The number of carbonyl (C=O) groups is 1. The maximum atomic E-state index is 12.1. The van der Waals surface area contributed by atoms with Crippen molar-refractivity contribution in [3.05, 3.63) is 71.3 Å². The first kappa shape index (κ1) is 18.9. The lowest BCUT2D eigenvalue weighted by Gasteiger charge is -2.12. The molecule has 0 radical (unpaired) electrons. The Balaban J connectivity index is 1.57. The van der Waals surface area contributed by atoms with Crippen molar-refractivity contribution in [1.82, 2.24) is 5.32 Å². The molecule has 0 saturated carbocycles. The van der Waals surface area contributed by atoms with Gasteiger partial charge in [-0.05, 0) is 25.0 Å². The van der Waals surface area contributed by atoms with Crippen molar-refractivity contribution in [1.29, 1.82) is 0 Å². The third-order valence-electron chi connectivity index (χ3n) is 3.65. The van der Waals surface area contributed by atoms with Crippen LogP contribution in [0.2, 0.25) is 0 Å². The average Bonchev–Trinajstić information content (AvgIpc) is 2.61. The third-order valence-corrected chi connectivity index (χ3v) is 5.89. The number of carbonyl (C=O) groups excluding carboxylic acids is 1. The molecule has 1 atom stereocenters. The van der Waals surface area contributed by atoms with Crippen molar-refractivity contribution in [2.24, 2.45) is 0 Å². The second-order valence-corrected chi connectivity index (χ2v) is 8.20. The number of aryl methyl sites for hydroxylation is 1. The van der Waals surface area contributed by atoms with Crippen molar-refractivity contribution >= 4 is 29.4 Å². The summed E-state index contributed by atoms with van der Waals surface area (Å²) in [7, 11) is 0. The molecule has 1 amide bonds. The summed E-state index contributed by atoms with van der Waals surface area (Å²) in [6, 6.07) is 18.9. The van der Waals surface area contributed by atoms with Crippen molar-refractivity contribution in [2.75, 3.05) is 12.3 Å². The first-order chi connectivity index (χ1) is 11.6. The van der Waals surface area contributed by atoms with Crippen LogP contribution >= 0.6 is 23.5 Å². The molecule has 2 aromatic rings. The molecule has 2 aromatic carbocycles. The van der Waals surface area contributed by atoms with Crippen LogP contribution in [0.5, 0.6) is 0 Å². The molecule has 0 aliphatic carbocycles. The van der Waals surface area contributed by atoms with Gasteiger partial charge < -0.3 is 5.32 Å². The highest BCUT2D eigenvalue weighted by Gasteiger charge is 2.12. The first-order valence-electron chi connectivity index (χ1n) is 8.21. The Morgan fingerprint density at radius 2 is 1.67 bits per heavy atom. The van der Waals surface area contributed by atoms with E-state index in [9.17, 15) is 4.79 Å². The molecular formula is C20H25NOS2. The van der Waals surface area contributed by atoms with E-state index in [-0.39, 0.29) is 11.2 Å². The van der Waals surface area contributed by atoms with Crippen LogP contribution in [-0.4, -0.2) is 23.5 Å². The van der Waals surface area contributed by atoms with Gasteiger partial charge in [0.05, 0.1) is 5.25 Å². The Hall–Kier alpha value is -1.39. The number of hydrogen-bond donors (Lipinski definition) is 1. The third kappa shape index (κ3) is 7.02. The average molecular weight is 360 g/mol. The fourth-order valence-corrected chi connectivity index (χ4v) is 3.82. The van der Waals surface area contributed by atoms with Crippen LogP contribution in [0.4, 0.5) is 0 Å². The Labute approximate surface area is 153 Å². The molecule has 0 bridgehead atoms. The molecule has 0 saturated heterocycles. The number of hydrogen-bond acceptors (Lipinski definition) is 3. The molecule has 0 unspecified atom stereocenters. The molecule has 0 aromatic heterocycles. The highest BCUT2D eigenvalue weighted by molar-refractivity contribution is 7.99. The van der Waals surface area contributed by atoms with E-state index in [4.69, 9.17) is 0 Å². The Bertz CT molecular complexity index is 613. The zero-order valence-electron chi connectivity index (χ0n) is 14.3. The van der Waals surface area contributed by atoms with E-state index in [1.54, 1.807) is 11.8 Å². The fourth-order valence-electron chi connectivity index (χ4n) is 2.14. The molecule has 0 aliphatic rings. The molecule has 0 spiro atoms. The van der Waals surface area contributed by atoms with Gasteiger partial charge in [0.15, 0.2) is 0 Å². The predicted octanol–water partition coefficient (Wildman–Crippen LogP) is 4.67. The van der Waals surface area contributed by atoms with Gasteiger partial charge >= 0.3 is 0 Å². The highest BCUT2D eigenvalue weighted by atomic mass is 32.2. The molecule has 1 N–H and O–H groups in total. The largest absolute Gasteiger partial charge is 0.354 e. The van der Waals surface area contributed by atoms with Gasteiger partial charge in [0.1, 0.15) is 0 Å². The van der Waals surface area contributed by atoms with Crippen LogP contribution in [0, 0.1) is 6.92 Å². The number of benzene rings is 2. The molecule has 24 heavy (non-hydrogen) atoms. The van der Waals surface area contributed by atoms with Crippen LogP contribution in [0.15, 0.2) is 54.6 Å². The SMILES string of the molecule is Cc1ccc(CSCCNC(=O)[C@@H](C)SCc2ccccc2)cc1. The summed E-state index contributed by atoms with van der Waals surface area (Å²) in [6.45, 7) is 4.80. The second-order valence-electron chi connectivity index (χ2n) is 5.77. The lowest BCUT2D eigenvalue weighted by molar-refractivity contribution is -0.120. The highest BCUT2D eigenvalue weighted by Crippen LogP contribution is 2.17.